The standard InChI is InChI=1S/C16H19N3.C2H6/c1-16(6-9-17)7-10-19(11-8-16)13-15-5-3-2-4-14(15)12-18;1-2/h2-5H,6-8,10-11,13H2,1H3;1-2H3. The summed E-state index contributed by atoms with van der Waals surface area (Å²) in [4.78, 5) is 2.38. The van der Waals surface area contributed by atoms with Crippen LogP contribution < -0.4 is 0 Å². The molecule has 0 saturated carbocycles. The van der Waals surface area contributed by atoms with Crippen molar-refractivity contribution in [3.05, 3.63) is 35.4 Å². The molecule has 1 saturated heterocycles. The molecule has 1 fully saturated rings. The van der Waals surface area contributed by atoms with Crippen LogP contribution in [-0.4, -0.2) is 18.0 Å². The number of piperidine rings is 1. The van der Waals surface area contributed by atoms with Crippen LogP contribution in [0, 0.1) is 28.1 Å². The molecule has 3 nitrogen and oxygen atoms in total. The lowest BCUT2D eigenvalue weighted by molar-refractivity contribution is 0.116. The number of hydrogen-bond donors (Lipinski definition) is 0. The molecule has 112 valence electrons. The van der Waals surface area contributed by atoms with Gasteiger partial charge in [-0.1, -0.05) is 39.0 Å². The molecule has 0 aromatic heterocycles. The zero-order valence-corrected chi connectivity index (χ0v) is 13.4. The van der Waals surface area contributed by atoms with Crippen LogP contribution in [0.5, 0.6) is 0 Å². The lowest BCUT2D eigenvalue weighted by Crippen LogP contribution is -2.38. The Morgan fingerprint density at radius 3 is 2.33 bits per heavy atom. The quantitative estimate of drug-likeness (QED) is 0.839. The summed E-state index contributed by atoms with van der Waals surface area (Å²) in [5, 5.41) is 17.9. The van der Waals surface area contributed by atoms with Gasteiger partial charge in [0.15, 0.2) is 0 Å². The van der Waals surface area contributed by atoms with E-state index < -0.39 is 0 Å². The molecule has 1 aliphatic heterocycles. The van der Waals surface area contributed by atoms with Crippen LogP contribution in [0.15, 0.2) is 24.3 Å². The van der Waals surface area contributed by atoms with Crippen molar-refractivity contribution in [1.82, 2.24) is 4.90 Å². The summed E-state index contributed by atoms with van der Waals surface area (Å²) in [6.45, 7) is 9.07. The van der Waals surface area contributed by atoms with Gasteiger partial charge >= 0.3 is 0 Å². The molecule has 0 spiro atoms. The Morgan fingerprint density at radius 2 is 1.76 bits per heavy atom. The predicted molar refractivity (Wildman–Crippen MR) is 85.4 cm³/mol. The van der Waals surface area contributed by atoms with Crippen LogP contribution in [-0.2, 0) is 6.54 Å². The Morgan fingerprint density at radius 1 is 1.14 bits per heavy atom. The first-order valence-corrected chi connectivity index (χ1v) is 7.74. The molecule has 0 radical (unpaired) electrons. The maximum absolute atomic E-state index is 9.10. The summed E-state index contributed by atoms with van der Waals surface area (Å²) < 4.78 is 0. The molecule has 1 aliphatic rings. The number of nitrogens with zero attached hydrogens (tertiary/aromatic N) is 3. The Balaban J connectivity index is 0.00000106. The fraction of sp³-hybridized carbons (Fsp3) is 0.556. The molecule has 21 heavy (non-hydrogen) atoms. The molecule has 1 aromatic rings. The minimum atomic E-state index is 0.181. The Labute approximate surface area is 128 Å². The fourth-order valence-corrected chi connectivity index (χ4v) is 2.63. The van der Waals surface area contributed by atoms with Gasteiger partial charge in [-0.25, -0.2) is 0 Å². The highest BCUT2D eigenvalue weighted by Crippen LogP contribution is 2.34. The second-order valence-corrected chi connectivity index (χ2v) is 5.69. The smallest absolute Gasteiger partial charge is 0.0995 e. The number of benzene rings is 1. The lowest BCUT2D eigenvalue weighted by atomic mass is 9.78. The van der Waals surface area contributed by atoms with Gasteiger partial charge in [0.25, 0.3) is 0 Å². The molecule has 1 aromatic carbocycles. The van der Waals surface area contributed by atoms with Gasteiger partial charge in [0.1, 0.15) is 0 Å². The zero-order valence-electron chi connectivity index (χ0n) is 13.4. The van der Waals surface area contributed by atoms with Gasteiger partial charge in [-0.15, -0.1) is 0 Å². The van der Waals surface area contributed by atoms with Crippen molar-refractivity contribution >= 4 is 0 Å². The van der Waals surface area contributed by atoms with Gasteiger partial charge in [0, 0.05) is 13.0 Å². The summed E-state index contributed by atoms with van der Waals surface area (Å²) >= 11 is 0. The fourth-order valence-electron chi connectivity index (χ4n) is 2.63. The second kappa shape index (κ2) is 8.45. The van der Waals surface area contributed by atoms with E-state index >= 15 is 0 Å². The van der Waals surface area contributed by atoms with Gasteiger partial charge in [0.05, 0.1) is 17.7 Å². The molecular weight excluding hydrogens is 258 g/mol. The molecule has 0 N–H and O–H groups in total. The number of rotatable bonds is 3. The number of hydrogen-bond acceptors (Lipinski definition) is 3. The van der Waals surface area contributed by atoms with Crippen LogP contribution in [0.4, 0.5) is 0 Å². The van der Waals surface area contributed by atoms with Crippen molar-refractivity contribution in [2.24, 2.45) is 5.41 Å². The number of likely N-dealkylation sites (tertiary alicyclic amines) is 1. The molecule has 0 aliphatic carbocycles. The lowest BCUT2D eigenvalue weighted by Gasteiger charge is -2.38. The van der Waals surface area contributed by atoms with Gasteiger partial charge in [-0.05, 0) is 43.0 Å². The summed E-state index contributed by atoms with van der Waals surface area (Å²) in [7, 11) is 0. The van der Waals surface area contributed by atoms with Crippen molar-refractivity contribution in [2.75, 3.05) is 13.1 Å². The van der Waals surface area contributed by atoms with Crippen LogP contribution in [0.3, 0.4) is 0 Å². The van der Waals surface area contributed by atoms with Crippen molar-refractivity contribution in [3.8, 4) is 12.1 Å². The van der Waals surface area contributed by atoms with Crippen LogP contribution in [0.25, 0.3) is 0 Å². The minimum absolute atomic E-state index is 0.181. The van der Waals surface area contributed by atoms with Gasteiger partial charge in [0.2, 0.25) is 0 Å². The van der Waals surface area contributed by atoms with E-state index in [2.05, 4.69) is 24.0 Å². The Bertz CT molecular complexity index is 514. The molecule has 0 bridgehead atoms. The van der Waals surface area contributed by atoms with Crippen molar-refractivity contribution in [1.29, 1.82) is 10.5 Å². The predicted octanol–water partition coefficient (Wildman–Crippen LogP) is 4.10. The van der Waals surface area contributed by atoms with Crippen LogP contribution in [0.2, 0.25) is 0 Å². The highest BCUT2D eigenvalue weighted by Gasteiger charge is 2.29. The molecule has 2 rings (SSSR count). The first-order chi connectivity index (χ1) is 10.2. The van der Waals surface area contributed by atoms with E-state index in [0.29, 0.717) is 6.42 Å². The molecule has 0 unspecified atom stereocenters. The van der Waals surface area contributed by atoms with Crippen LogP contribution in [0.1, 0.15) is 51.2 Å². The van der Waals surface area contributed by atoms with Crippen molar-refractivity contribution < 1.29 is 0 Å². The maximum atomic E-state index is 9.10. The third-order valence-electron chi connectivity index (χ3n) is 4.10. The normalized spacial score (nSPS) is 17.0. The average Bonchev–Trinajstić information content (AvgIpc) is 2.52. The topological polar surface area (TPSA) is 50.8 Å². The van der Waals surface area contributed by atoms with E-state index in [-0.39, 0.29) is 5.41 Å². The highest BCUT2D eigenvalue weighted by molar-refractivity contribution is 5.37. The van der Waals surface area contributed by atoms with Gasteiger partial charge in [-0.3, -0.25) is 4.90 Å². The summed E-state index contributed by atoms with van der Waals surface area (Å²) in [5.74, 6) is 0. The molecular formula is C18H25N3. The Kier molecular flexibility index (Phi) is 6.92. The molecule has 3 heteroatoms. The SMILES string of the molecule is CC.CC1(CC#N)CCN(Cc2ccccc2C#N)CC1. The number of nitriles is 2. The van der Waals surface area contributed by atoms with Crippen LogP contribution >= 0.6 is 0 Å². The van der Waals surface area contributed by atoms with E-state index in [1.54, 1.807) is 0 Å². The van der Waals surface area contributed by atoms with Gasteiger partial charge < -0.3 is 0 Å². The van der Waals surface area contributed by atoms with E-state index in [1.165, 1.54) is 0 Å². The largest absolute Gasteiger partial charge is 0.299 e. The summed E-state index contributed by atoms with van der Waals surface area (Å²) in [5.41, 5.74) is 2.06. The van der Waals surface area contributed by atoms with E-state index in [4.69, 9.17) is 10.5 Å². The van der Waals surface area contributed by atoms with E-state index in [9.17, 15) is 0 Å². The van der Waals surface area contributed by atoms with Gasteiger partial charge in [-0.2, -0.15) is 10.5 Å². The Hall–Kier alpha value is -1.84. The molecule has 1 heterocycles. The first kappa shape index (κ1) is 17.2. The minimum Gasteiger partial charge on any atom is -0.299 e. The molecule has 0 atom stereocenters. The van der Waals surface area contributed by atoms with Crippen molar-refractivity contribution in [2.45, 2.75) is 46.6 Å². The third kappa shape index (κ3) is 4.88. The zero-order chi connectivity index (χ0) is 15.7. The monoisotopic (exact) mass is 283 g/mol. The van der Waals surface area contributed by atoms with Crippen molar-refractivity contribution in [3.63, 3.8) is 0 Å². The van der Waals surface area contributed by atoms with E-state index in [1.807, 2.05) is 38.1 Å². The second-order valence-electron chi connectivity index (χ2n) is 5.69. The highest BCUT2D eigenvalue weighted by atomic mass is 15.1. The van der Waals surface area contributed by atoms with E-state index in [0.717, 1.165) is 43.6 Å². The third-order valence-corrected chi connectivity index (χ3v) is 4.10. The summed E-state index contributed by atoms with van der Waals surface area (Å²) in [6.07, 6.45) is 2.78. The first-order valence-electron chi connectivity index (χ1n) is 7.74. The molecule has 0 amide bonds. The summed E-state index contributed by atoms with van der Waals surface area (Å²) in [6, 6.07) is 12.3. The average molecular weight is 283 g/mol. The maximum Gasteiger partial charge on any atom is 0.0995 e.